The van der Waals surface area contributed by atoms with Gasteiger partial charge < -0.3 is 10.1 Å². The normalized spacial score (nSPS) is 10.9. The largest absolute Gasteiger partial charge is 0.478 e. The molecule has 0 atom stereocenters. The van der Waals surface area contributed by atoms with E-state index in [1.54, 1.807) is 12.4 Å². The molecule has 5 nitrogen and oxygen atoms in total. The van der Waals surface area contributed by atoms with E-state index in [-0.39, 0.29) is 5.56 Å². The Hall–Kier alpha value is -2.76. The fourth-order valence-corrected chi connectivity index (χ4v) is 2.17. The quantitative estimate of drug-likeness (QED) is 0.772. The number of nitrogens with one attached hydrogen (secondary N) is 1. The van der Waals surface area contributed by atoms with Crippen LogP contribution in [-0.4, -0.2) is 26.0 Å². The number of rotatable bonds is 4. The molecule has 21 heavy (non-hydrogen) atoms. The van der Waals surface area contributed by atoms with Gasteiger partial charge in [-0.1, -0.05) is 6.07 Å². The van der Waals surface area contributed by atoms with Crippen LogP contribution in [0.1, 0.15) is 21.7 Å². The second-order valence-corrected chi connectivity index (χ2v) is 4.70. The number of imidazole rings is 1. The Kier molecular flexibility index (Phi) is 3.35. The molecule has 0 saturated heterocycles. The zero-order chi connectivity index (χ0) is 14.8. The third kappa shape index (κ3) is 2.74. The lowest BCUT2D eigenvalue weighted by Gasteiger charge is -1.97. The highest BCUT2D eigenvalue weighted by Gasteiger charge is 2.14. The summed E-state index contributed by atoms with van der Waals surface area (Å²) in [7, 11) is 0. The summed E-state index contributed by atoms with van der Waals surface area (Å²) in [5.74, 6) is -1.37. The number of hydrogen-bond donors (Lipinski definition) is 2. The highest BCUT2D eigenvalue weighted by Crippen LogP contribution is 2.18. The summed E-state index contributed by atoms with van der Waals surface area (Å²) in [5.41, 5.74) is 1.66. The minimum atomic E-state index is -1.30. The number of benzene rings is 1. The van der Waals surface area contributed by atoms with Crippen LogP contribution in [0.3, 0.4) is 0 Å². The average molecular weight is 285 g/mol. The summed E-state index contributed by atoms with van der Waals surface area (Å²) in [6, 6.07) is 6.25. The van der Waals surface area contributed by atoms with Gasteiger partial charge in [-0.25, -0.2) is 14.2 Å². The Bertz CT molecular complexity index is 799. The third-order valence-corrected chi connectivity index (χ3v) is 3.22. The summed E-state index contributed by atoms with van der Waals surface area (Å²) < 4.78 is 13.6. The van der Waals surface area contributed by atoms with Gasteiger partial charge in [0.1, 0.15) is 11.6 Å². The number of hydrogen-bond acceptors (Lipinski definition) is 3. The second kappa shape index (κ2) is 5.32. The fraction of sp³-hybridized carbons (Fsp3) is 0.133. The number of aromatic carboxylic acids is 1. The van der Waals surface area contributed by atoms with Gasteiger partial charge in [-0.15, -0.1) is 0 Å². The van der Waals surface area contributed by atoms with Crippen LogP contribution in [0.5, 0.6) is 0 Å². The molecule has 0 bridgehead atoms. The monoisotopic (exact) mass is 285 g/mol. The van der Waals surface area contributed by atoms with Gasteiger partial charge in [0.15, 0.2) is 0 Å². The number of aryl methyl sites for hydroxylation is 2. The van der Waals surface area contributed by atoms with Crippen molar-refractivity contribution in [1.29, 1.82) is 0 Å². The van der Waals surface area contributed by atoms with Crippen molar-refractivity contribution in [3.63, 3.8) is 0 Å². The molecule has 0 aliphatic rings. The Morgan fingerprint density at radius 3 is 2.90 bits per heavy atom. The maximum atomic E-state index is 13.6. The van der Waals surface area contributed by atoms with E-state index in [4.69, 9.17) is 5.11 Å². The van der Waals surface area contributed by atoms with Crippen LogP contribution < -0.4 is 0 Å². The van der Waals surface area contributed by atoms with Crippen molar-refractivity contribution in [2.75, 3.05) is 0 Å². The van der Waals surface area contributed by atoms with Crippen molar-refractivity contribution in [2.24, 2.45) is 0 Å². The average Bonchev–Trinajstić information content (AvgIpc) is 2.87. The van der Waals surface area contributed by atoms with Crippen LogP contribution in [0.4, 0.5) is 4.39 Å². The molecule has 6 heteroatoms. The van der Waals surface area contributed by atoms with Gasteiger partial charge in [0.05, 0.1) is 16.6 Å². The topological polar surface area (TPSA) is 78.9 Å². The summed E-state index contributed by atoms with van der Waals surface area (Å²) in [6.07, 6.45) is 4.89. The highest BCUT2D eigenvalue weighted by atomic mass is 19.1. The van der Waals surface area contributed by atoms with Crippen LogP contribution in [0, 0.1) is 5.82 Å². The summed E-state index contributed by atoms with van der Waals surface area (Å²) in [5, 5.41) is 8.90. The molecule has 0 radical (unpaired) electrons. The number of nitrogens with zero attached hydrogens (tertiary/aromatic N) is 2. The Morgan fingerprint density at radius 2 is 2.19 bits per heavy atom. The first-order valence-electron chi connectivity index (χ1n) is 6.44. The van der Waals surface area contributed by atoms with E-state index in [0.29, 0.717) is 23.3 Å². The molecular formula is C15H12FN3O2. The molecule has 0 saturated carbocycles. The van der Waals surface area contributed by atoms with Gasteiger partial charge >= 0.3 is 5.97 Å². The number of fused-ring (bicyclic) bond motifs is 1. The van der Waals surface area contributed by atoms with Crippen molar-refractivity contribution in [2.45, 2.75) is 12.8 Å². The van der Waals surface area contributed by atoms with E-state index in [9.17, 15) is 9.18 Å². The van der Waals surface area contributed by atoms with E-state index in [2.05, 4.69) is 15.0 Å². The van der Waals surface area contributed by atoms with Crippen molar-refractivity contribution >= 4 is 17.0 Å². The standard InChI is InChI=1S/C15H12FN3O2/c16-11-7-13-12(6-10(11)15(20)21)18-14(19-13)4-3-9-2-1-5-17-8-9/h1-2,5-8H,3-4H2,(H,18,19)(H,20,21). The smallest absolute Gasteiger partial charge is 0.338 e. The van der Waals surface area contributed by atoms with Gasteiger partial charge in [-0.2, -0.15) is 0 Å². The Labute approximate surface area is 119 Å². The molecule has 0 spiro atoms. The second-order valence-electron chi connectivity index (χ2n) is 4.70. The molecule has 2 N–H and O–H groups in total. The van der Waals surface area contributed by atoms with Crippen molar-refractivity contribution in [1.82, 2.24) is 15.0 Å². The molecular weight excluding hydrogens is 273 g/mol. The number of aromatic nitrogens is 3. The SMILES string of the molecule is O=C(O)c1cc2nc(CCc3cccnc3)[nH]c2cc1F. The van der Waals surface area contributed by atoms with Crippen molar-refractivity contribution < 1.29 is 14.3 Å². The number of carboxylic acid groups (broad SMARTS) is 1. The lowest BCUT2D eigenvalue weighted by molar-refractivity contribution is 0.0692. The molecule has 0 aliphatic carbocycles. The Morgan fingerprint density at radius 1 is 1.33 bits per heavy atom. The number of carbonyl (C=O) groups is 1. The molecule has 2 aromatic heterocycles. The minimum Gasteiger partial charge on any atom is -0.478 e. The molecule has 0 amide bonds. The van der Waals surface area contributed by atoms with Crippen molar-refractivity contribution in [3.8, 4) is 0 Å². The van der Waals surface area contributed by atoms with E-state index in [1.807, 2.05) is 12.1 Å². The molecule has 0 fully saturated rings. The zero-order valence-electron chi connectivity index (χ0n) is 11.0. The van der Waals surface area contributed by atoms with Crippen molar-refractivity contribution in [3.05, 3.63) is 59.4 Å². The minimum absolute atomic E-state index is 0.368. The maximum absolute atomic E-state index is 13.6. The van der Waals surface area contributed by atoms with Gasteiger partial charge in [0, 0.05) is 24.9 Å². The molecule has 3 aromatic rings. The number of H-pyrrole nitrogens is 1. The van der Waals surface area contributed by atoms with Gasteiger partial charge in [0.25, 0.3) is 0 Å². The first-order valence-corrected chi connectivity index (χ1v) is 6.44. The summed E-state index contributed by atoms with van der Waals surface area (Å²) in [6.45, 7) is 0. The van der Waals surface area contributed by atoms with E-state index in [0.717, 1.165) is 12.0 Å². The number of carboxylic acids is 1. The molecule has 2 heterocycles. The molecule has 0 aliphatic heterocycles. The van der Waals surface area contributed by atoms with Gasteiger partial charge in [-0.3, -0.25) is 4.98 Å². The molecule has 1 aromatic carbocycles. The first-order chi connectivity index (χ1) is 10.1. The number of pyridine rings is 1. The Balaban J connectivity index is 1.86. The third-order valence-electron chi connectivity index (χ3n) is 3.22. The van der Waals surface area contributed by atoms with Gasteiger partial charge in [-0.05, 0) is 24.1 Å². The van der Waals surface area contributed by atoms with Crippen LogP contribution in [0.25, 0.3) is 11.0 Å². The zero-order valence-corrected chi connectivity index (χ0v) is 11.0. The van der Waals surface area contributed by atoms with Crippen LogP contribution in [0.15, 0.2) is 36.7 Å². The van der Waals surface area contributed by atoms with E-state index in [1.165, 1.54) is 12.1 Å². The predicted molar refractivity (Wildman–Crippen MR) is 74.7 cm³/mol. The molecule has 106 valence electrons. The van der Waals surface area contributed by atoms with E-state index >= 15 is 0 Å². The fourth-order valence-electron chi connectivity index (χ4n) is 2.17. The van der Waals surface area contributed by atoms with E-state index < -0.39 is 11.8 Å². The molecule has 3 rings (SSSR count). The predicted octanol–water partition coefficient (Wildman–Crippen LogP) is 2.58. The molecule has 0 unspecified atom stereocenters. The van der Waals surface area contributed by atoms with Crippen LogP contribution >= 0.6 is 0 Å². The number of aromatic amines is 1. The lowest BCUT2D eigenvalue weighted by Crippen LogP contribution is -1.99. The highest BCUT2D eigenvalue weighted by molar-refractivity contribution is 5.92. The number of halogens is 1. The summed E-state index contributed by atoms with van der Waals surface area (Å²) in [4.78, 5) is 22.2. The van der Waals surface area contributed by atoms with Crippen LogP contribution in [0.2, 0.25) is 0 Å². The first kappa shape index (κ1) is 13.2. The maximum Gasteiger partial charge on any atom is 0.338 e. The summed E-state index contributed by atoms with van der Waals surface area (Å²) >= 11 is 0. The lowest BCUT2D eigenvalue weighted by atomic mass is 10.1. The van der Waals surface area contributed by atoms with Gasteiger partial charge in [0.2, 0.25) is 0 Å². The van der Waals surface area contributed by atoms with Crippen LogP contribution in [-0.2, 0) is 12.8 Å².